The molecule has 0 saturated heterocycles. The molecule has 0 bridgehead atoms. The highest BCUT2D eigenvalue weighted by molar-refractivity contribution is 7.91. The second-order valence-corrected chi connectivity index (χ2v) is 5.15. The molecule has 1 rings (SSSR count). The Hall–Kier alpha value is -1.02. The molecule has 0 heterocycles. The minimum atomic E-state index is -0.903. The first kappa shape index (κ1) is 13.0. The molecular weight excluding hydrogens is 220 g/mol. The average molecular weight is 236 g/mol. The fraction of sp³-hybridized carbons (Fsp3) is 0.417. The van der Waals surface area contributed by atoms with E-state index in [0.29, 0.717) is 12.2 Å². The van der Waals surface area contributed by atoms with Gasteiger partial charge in [0.15, 0.2) is 4.90 Å². The Kier molecular flexibility index (Phi) is 5.33. The van der Waals surface area contributed by atoms with E-state index in [-0.39, 0.29) is 6.04 Å². The first-order valence-corrected chi connectivity index (χ1v) is 6.57. The summed E-state index contributed by atoms with van der Waals surface area (Å²) in [7, 11) is 1.83. The van der Waals surface area contributed by atoms with Crippen molar-refractivity contribution in [1.29, 1.82) is 5.26 Å². The van der Waals surface area contributed by atoms with Crippen LogP contribution in [0.15, 0.2) is 29.2 Å². The molecule has 0 amide bonds. The van der Waals surface area contributed by atoms with Crippen molar-refractivity contribution in [2.24, 2.45) is 0 Å². The quantitative estimate of drug-likeness (QED) is 0.795. The van der Waals surface area contributed by atoms with Crippen LogP contribution in [0.3, 0.4) is 0 Å². The summed E-state index contributed by atoms with van der Waals surface area (Å²) in [5.74, 6) is 0.632. The lowest BCUT2D eigenvalue weighted by Gasteiger charge is -2.14. The normalized spacial score (nSPS) is 14.1. The largest absolute Gasteiger partial charge is 0.611 e. The molecule has 16 heavy (non-hydrogen) atoms. The van der Waals surface area contributed by atoms with Crippen molar-refractivity contribution >= 4 is 11.2 Å². The van der Waals surface area contributed by atoms with Crippen molar-refractivity contribution in [2.45, 2.75) is 24.3 Å². The highest BCUT2D eigenvalue weighted by Gasteiger charge is 2.11. The van der Waals surface area contributed by atoms with E-state index in [0.717, 1.165) is 10.5 Å². The van der Waals surface area contributed by atoms with E-state index in [1.807, 2.05) is 38.2 Å². The van der Waals surface area contributed by atoms with E-state index >= 15 is 0 Å². The number of nitrogens with zero attached hydrogens (tertiary/aromatic N) is 1. The van der Waals surface area contributed by atoms with Crippen molar-refractivity contribution < 1.29 is 4.55 Å². The van der Waals surface area contributed by atoms with Crippen LogP contribution in [-0.4, -0.2) is 17.4 Å². The van der Waals surface area contributed by atoms with Crippen LogP contribution in [0.5, 0.6) is 0 Å². The second-order valence-electron chi connectivity index (χ2n) is 3.41. The van der Waals surface area contributed by atoms with Crippen molar-refractivity contribution in [2.75, 3.05) is 12.8 Å². The van der Waals surface area contributed by atoms with Gasteiger partial charge in [0.25, 0.3) is 0 Å². The molecule has 0 spiro atoms. The molecule has 0 aromatic heterocycles. The number of hydrogen-bond acceptors (Lipinski definition) is 3. The molecule has 0 radical (unpaired) electrons. The maximum absolute atomic E-state index is 11.5. The summed E-state index contributed by atoms with van der Waals surface area (Å²) in [6.07, 6.45) is 0.437. The molecule has 0 aliphatic rings. The summed E-state index contributed by atoms with van der Waals surface area (Å²) >= 11 is -0.903. The summed E-state index contributed by atoms with van der Waals surface area (Å²) in [5, 5.41) is 11.8. The van der Waals surface area contributed by atoms with Crippen LogP contribution in [-0.2, 0) is 11.2 Å². The number of hydrogen-bond donors (Lipinski definition) is 1. The first-order valence-electron chi connectivity index (χ1n) is 5.25. The Bertz CT molecular complexity index is 358. The van der Waals surface area contributed by atoms with Gasteiger partial charge < -0.3 is 9.87 Å². The lowest BCUT2D eigenvalue weighted by atomic mass is 10.1. The molecule has 1 aromatic rings. The third kappa shape index (κ3) is 3.24. The van der Waals surface area contributed by atoms with Crippen molar-refractivity contribution in [1.82, 2.24) is 5.32 Å². The van der Waals surface area contributed by atoms with Crippen LogP contribution >= 0.6 is 0 Å². The van der Waals surface area contributed by atoms with E-state index in [1.54, 1.807) is 0 Å². The fourth-order valence-electron chi connectivity index (χ4n) is 1.50. The summed E-state index contributed by atoms with van der Waals surface area (Å²) in [6.45, 7) is 1.90. The second kappa shape index (κ2) is 6.54. The molecule has 1 N–H and O–H groups in total. The van der Waals surface area contributed by atoms with Gasteiger partial charge >= 0.3 is 0 Å². The van der Waals surface area contributed by atoms with Gasteiger partial charge in [0.1, 0.15) is 5.75 Å². The minimum Gasteiger partial charge on any atom is -0.611 e. The van der Waals surface area contributed by atoms with Gasteiger partial charge in [-0.3, -0.25) is 0 Å². The monoisotopic (exact) mass is 236 g/mol. The van der Waals surface area contributed by atoms with Gasteiger partial charge in [-0.1, -0.05) is 12.1 Å². The van der Waals surface area contributed by atoms with Gasteiger partial charge in [0.05, 0.1) is 12.5 Å². The first-order chi connectivity index (χ1) is 7.72. The van der Waals surface area contributed by atoms with E-state index in [4.69, 9.17) is 5.26 Å². The summed E-state index contributed by atoms with van der Waals surface area (Å²) < 4.78 is 11.5. The van der Waals surface area contributed by atoms with Crippen molar-refractivity contribution in [3.8, 4) is 6.07 Å². The summed E-state index contributed by atoms with van der Waals surface area (Å²) in [4.78, 5) is 0.845. The zero-order chi connectivity index (χ0) is 12.0. The van der Waals surface area contributed by atoms with Gasteiger partial charge in [-0.05, 0) is 42.8 Å². The Morgan fingerprint density at radius 3 is 2.50 bits per heavy atom. The third-order valence-corrected chi connectivity index (χ3v) is 3.77. The van der Waals surface area contributed by atoms with Crippen molar-refractivity contribution in [3.63, 3.8) is 0 Å². The molecule has 0 fully saturated rings. The molecule has 0 saturated carbocycles. The molecular formula is C12H16N2OS. The third-order valence-electron chi connectivity index (χ3n) is 2.45. The predicted octanol–water partition coefficient (Wildman–Crippen LogP) is 1.99. The zero-order valence-corrected chi connectivity index (χ0v) is 10.4. The van der Waals surface area contributed by atoms with Crippen LogP contribution in [0, 0.1) is 11.3 Å². The van der Waals surface area contributed by atoms with Crippen LogP contribution in [0.2, 0.25) is 0 Å². The van der Waals surface area contributed by atoms with Gasteiger partial charge in [0.2, 0.25) is 0 Å². The number of benzene rings is 1. The molecule has 4 heteroatoms. The Balaban J connectivity index is 2.81. The molecule has 2 atom stereocenters. The Morgan fingerprint density at radius 1 is 1.44 bits per heavy atom. The molecule has 86 valence electrons. The smallest absolute Gasteiger partial charge is 0.152 e. The van der Waals surface area contributed by atoms with E-state index in [2.05, 4.69) is 11.4 Å². The highest BCUT2D eigenvalue weighted by Crippen LogP contribution is 2.19. The Labute approximate surface area is 99.7 Å². The van der Waals surface area contributed by atoms with E-state index < -0.39 is 11.2 Å². The van der Waals surface area contributed by atoms with Crippen molar-refractivity contribution in [3.05, 3.63) is 29.8 Å². The minimum absolute atomic E-state index is 0.0501. The topological polar surface area (TPSA) is 58.9 Å². The van der Waals surface area contributed by atoms with Gasteiger partial charge in [-0.2, -0.15) is 5.26 Å². The van der Waals surface area contributed by atoms with Crippen LogP contribution in [0.1, 0.15) is 24.9 Å². The summed E-state index contributed by atoms with van der Waals surface area (Å²) in [5.41, 5.74) is 1.06. The zero-order valence-electron chi connectivity index (χ0n) is 9.56. The molecule has 0 aliphatic carbocycles. The van der Waals surface area contributed by atoms with Crippen LogP contribution < -0.4 is 5.32 Å². The molecule has 2 unspecified atom stereocenters. The van der Waals surface area contributed by atoms with Gasteiger partial charge in [-0.25, -0.2) is 0 Å². The Morgan fingerprint density at radius 2 is 2.06 bits per heavy atom. The number of rotatable bonds is 5. The number of nitriles is 1. The predicted molar refractivity (Wildman–Crippen MR) is 65.4 cm³/mol. The SMILES string of the molecule is CC[S+]([O-])c1ccc(C(CC#N)NC)cc1. The highest BCUT2D eigenvalue weighted by atomic mass is 32.2. The average Bonchev–Trinajstić information content (AvgIpc) is 2.35. The van der Waals surface area contributed by atoms with Gasteiger partial charge in [0, 0.05) is 6.04 Å². The molecule has 3 nitrogen and oxygen atoms in total. The lowest BCUT2D eigenvalue weighted by molar-refractivity contribution is 0.594. The lowest BCUT2D eigenvalue weighted by Crippen LogP contribution is -2.15. The summed E-state index contributed by atoms with van der Waals surface area (Å²) in [6, 6.07) is 9.80. The van der Waals surface area contributed by atoms with E-state index in [9.17, 15) is 4.55 Å². The molecule has 1 aromatic carbocycles. The fourth-order valence-corrected chi connectivity index (χ4v) is 2.27. The van der Waals surface area contributed by atoms with Crippen LogP contribution in [0.4, 0.5) is 0 Å². The van der Waals surface area contributed by atoms with Gasteiger partial charge in [-0.15, -0.1) is 0 Å². The maximum Gasteiger partial charge on any atom is 0.152 e. The standard InChI is InChI=1S/C12H16N2OS/c1-3-16(15)11-6-4-10(5-7-11)12(14-2)8-9-13/h4-7,12,14H,3,8H2,1-2H3. The molecule has 0 aliphatic heterocycles. The van der Waals surface area contributed by atoms with Crippen LogP contribution in [0.25, 0.3) is 0 Å². The maximum atomic E-state index is 11.5. The number of nitrogens with one attached hydrogen (secondary N) is 1. The van der Waals surface area contributed by atoms with E-state index in [1.165, 1.54) is 0 Å².